The second-order valence-corrected chi connectivity index (χ2v) is 5.11. The second kappa shape index (κ2) is 5.99. The summed E-state index contributed by atoms with van der Waals surface area (Å²) in [6, 6.07) is 1.35. The molecule has 1 aromatic rings. The molecule has 1 aromatic heterocycles. The van der Waals surface area contributed by atoms with Crippen molar-refractivity contribution in [1.29, 1.82) is 0 Å². The van der Waals surface area contributed by atoms with Gasteiger partial charge in [-0.2, -0.15) is 0 Å². The molecule has 1 saturated carbocycles. The normalized spacial score (nSPS) is 16.5. The molecule has 0 saturated heterocycles. The second-order valence-electron chi connectivity index (χ2n) is 5.11. The highest BCUT2D eigenvalue weighted by Gasteiger charge is 2.22. The van der Waals surface area contributed by atoms with E-state index in [9.17, 15) is 14.4 Å². The molecule has 0 amide bonds. The predicted octanol–water partition coefficient (Wildman–Crippen LogP) is 1.18. The van der Waals surface area contributed by atoms with Gasteiger partial charge in [0.1, 0.15) is 0 Å². The summed E-state index contributed by atoms with van der Waals surface area (Å²) < 4.78 is 2.50. The van der Waals surface area contributed by atoms with E-state index in [1.165, 1.54) is 23.3 Å². The average Bonchev–Trinajstić information content (AvgIpc) is 2.44. The van der Waals surface area contributed by atoms with E-state index in [-0.39, 0.29) is 29.5 Å². The number of aryl methyl sites for hydroxylation is 1. The lowest BCUT2D eigenvalue weighted by atomic mass is 9.86. The van der Waals surface area contributed by atoms with Crippen molar-refractivity contribution < 1.29 is 4.79 Å². The van der Waals surface area contributed by atoms with Crippen LogP contribution < -0.4 is 11.2 Å². The minimum atomic E-state index is -0.390. The summed E-state index contributed by atoms with van der Waals surface area (Å²) in [5, 5.41) is 0. The summed E-state index contributed by atoms with van der Waals surface area (Å²) in [5.41, 5.74) is -0.780. The SMILES string of the molecule is CCn1ccc(=O)n(CC(=O)C2CCCCC2)c1=O. The van der Waals surface area contributed by atoms with E-state index in [1.807, 2.05) is 6.92 Å². The van der Waals surface area contributed by atoms with Gasteiger partial charge in [0.2, 0.25) is 0 Å². The van der Waals surface area contributed by atoms with Gasteiger partial charge >= 0.3 is 5.69 Å². The van der Waals surface area contributed by atoms with Gasteiger partial charge in [0.25, 0.3) is 5.56 Å². The number of carbonyl (C=O) groups excluding carboxylic acids is 1. The lowest BCUT2D eigenvalue weighted by Gasteiger charge is -2.20. The summed E-state index contributed by atoms with van der Waals surface area (Å²) in [4.78, 5) is 35.9. The lowest BCUT2D eigenvalue weighted by molar-refractivity contribution is -0.124. The fraction of sp³-hybridized carbons (Fsp3) is 0.643. The van der Waals surface area contributed by atoms with Gasteiger partial charge in [-0.15, -0.1) is 0 Å². The highest BCUT2D eigenvalue weighted by Crippen LogP contribution is 2.24. The van der Waals surface area contributed by atoms with Gasteiger partial charge in [-0.3, -0.25) is 14.2 Å². The van der Waals surface area contributed by atoms with Crippen molar-refractivity contribution in [2.45, 2.75) is 52.1 Å². The van der Waals surface area contributed by atoms with E-state index >= 15 is 0 Å². The van der Waals surface area contributed by atoms with Crippen molar-refractivity contribution in [3.63, 3.8) is 0 Å². The topological polar surface area (TPSA) is 61.1 Å². The Kier molecular flexibility index (Phi) is 4.35. The molecule has 5 nitrogen and oxygen atoms in total. The smallest absolute Gasteiger partial charge is 0.301 e. The van der Waals surface area contributed by atoms with Crippen molar-refractivity contribution >= 4 is 5.78 Å². The summed E-state index contributed by atoms with van der Waals surface area (Å²) in [6.45, 7) is 2.25. The van der Waals surface area contributed by atoms with E-state index in [4.69, 9.17) is 0 Å². The van der Waals surface area contributed by atoms with E-state index in [0.29, 0.717) is 6.54 Å². The Morgan fingerprint density at radius 2 is 1.95 bits per heavy atom. The van der Waals surface area contributed by atoms with Crippen LogP contribution in [-0.4, -0.2) is 14.9 Å². The average molecular weight is 264 g/mol. The molecular formula is C14H20N2O3. The van der Waals surface area contributed by atoms with E-state index < -0.39 is 0 Å². The first-order valence-electron chi connectivity index (χ1n) is 6.96. The lowest BCUT2D eigenvalue weighted by Crippen LogP contribution is -2.41. The van der Waals surface area contributed by atoms with Crippen LogP contribution in [0.4, 0.5) is 0 Å². The van der Waals surface area contributed by atoms with Crippen molar-refractivity contribution in [2.75, 3.05) is 0 Å². The third-order valence-electron chi connectivity index (χ3n) is 3.85. The zero-order valence-corrected chi connectivity index (χ0v) is 11.3. The number of aromatic nitrogens is 2. The number of nitrogens with zero attached hydrogens (tertiary/aromatic N) is 2. The van der Waals surface area contributed by atoms with Crippen molar-refractivity contribution in [1.82, 2.24) is 9.13 Å². The van der Waals surface area contributed by atoms with Crippen LogP contribution in [0.25, 0.3) is 0 Å². The highest BCUT2D eigenvalue weighted by molar-refractivity contribution is 5.80. The fourth-order valence-electron chi connectivity index (χ4n) is 2.65. The summed E-state index contributed by atoms with van der Waals surface area (Å²) >= 11 is 0. The number of carbonyl (C=O) groups is 1. The zero-order valence-electron chi connectivity index (χ0n) is 11.3. The standard InChI is InChI=1S/C14H20N2O3/c1-2-15-9-8-13(18)16(14(15)19)10-12(17)11-6-4-3-5-7-11/h8-9,11H,2-7,10H2,1H3. The van der Waals surface area contributed by atoms with Crippen molar-refractivity contribution in [2.24, 2.45) is 5.92 Å². The molecular weight excluding hydrogens is 244 g/mol. The van der Waals surface area contributed by atoms with Crippen LogP contribution in [-0.2, 0) is 17.9 Å². The number of rotatable bonds is 4. The van der Waals surface area contributed by atoms with Gasteiger partial charge in [-0.1, -0.05) is 19.3 Å². The molecule has 0 aliphatic heterocycles. The Balaban J connectivity index is 2.21. The Morgan fingerprint density at radius 1 is 1.26 bits per heavy atom. The Bertz CT molecular complexity index is 565. The Labute approximate surface area is 111 Å². The monoisotopic (exact) mass is 264 g/mol. The molecule has 0 bridgehead atoms. The van der Waals surface area contributed by atoms with Crippen molar-refractivity contribution in [3.05, 3.63) is 33.1 Å². The highest BCUT2D eigenvalue weighted by atomic mass is 16.2. The fourth-order valence-corrected chi connectivity index (χ4v) is 2.65. The Hall–Kier alpha value is -1.65. The quantitative estimate of drug-likeness (QED) is 0.820. The first kappa shape index (κ1) is 13.8. The zero-order chi connectivity index (χ0) is 13.8. The number of hydrogen-bond donors (Lipinski definition) is 0. The molecule has 0 N–H and O–H groups in total. The molecule has 1 aliphatic rings. The molecule has 104 valence electrons. The van der Waals surface area contributed by atoms with Gasteiger partial charge < -0.3 is 4.57 Å². The predicted molar refractivity (Wildman–Crippen MR) is 72.2 cm³/mol. The van der Waals surface area contributed by atoms with Crippen LogP contribution in [0.5, 0.6) is 0 Å². The summed E-state index contributed by atoms with van der Waals surface area (Å²) in [7, 11) is 0. The Morgan fingerprint density at radius 3 is 2.58 bits per heavy atom. The third-order valence-corrected chi connectivity index (χ3v) is 3.85. The maximum Gasteiger partial charge on any atom is 0.331 e. The summed E-state index contributed by atoms with van der Waals surface area (Å²) in [5.74, 6) is 0.0445. The largest absolute Gasteiger partial charge is 0.331 e. The van der Waals surface area contributed by atoms with Crippen molar-refractivity contribution in [3.8, 4) is 0 Å². The van der Waals surface area contributed by atoms with Crippen LogP contribution in [0.3, 0.4) is 0 Å². The van der Waals surface area contributed by atoms with Crippen LogP contribution >= 0.6 is 0 Å². The molecule has 2 rings (SSSR count). The first-order valence-corrected chi connectivity index (χ1v) is 6.96. The number of hydrogen-bond acceptors (Lipinski definition) is 3. The van der Waals surface area contributed by atoms with Gasteiger partial charge in [0.15, 0.2) is 5.78 Å². The van der Waals surface area contributed by atoms with E-state index in [2.05, 4.69) is 0 Å². The van der Waals surface area contributed by atoms with Gasteiger partial charge in [-0.25, -0.2) is 4.79 Å². The van der Waals surface area contributed by atoms with Gasteiger partial charge in [-0.05, 0) is 19.8 Å². The molecule has 0 radical (unpaired) electrons. The maximum absolute atomic E-state index is 12.2. The van der Waals surface area contributed by atoms with Gasteiger partial charge in [0.05, 0.1) is 6.54 Å². The number of ketones is 1. The summed E-state index contributed by atoms with van der Waals surface area (Å²) in [6.07, 6.45) is 6.58. The molecule has 1 fully saturated rings. The third kappa shape index (κ3) is 3.03. The molecule has 0 atom stereocenters. The molecule has 1 heterocycles. The minimum absolute atomic E-state index is 0.0211. The molecule has 1 aliphatic carbocycles. The van der Waals surface area contributed by atoms with E-state index in [1.54, 1.807) is 0 Å². The first-order chi connectivity index (χ1) is 9.13. The minimum Gasteiger partial charge on any atom is -0.301 e. The van der Waals surface area contributed by atoms with Crippen LogP contribution in [0.1, 0.15) is 39.0 Å². The molecule has 5 heteroatoms. The maximum atomic E-state index is 12.2. The molecule has 0 aromatic carbocycles. The molecule has 19 heavy (non-hydrogen) atoms. The molecule has 0 spiro atoms. The number of Topliss-reactive ketones (excluding diaryl/α,β-unsaturated/α-hetero) is 1. The van der Waals surface area contributed by atoms with Crippen LogP contribution in [0.15, 0.2) is 21.9 Å². The van der Waals surface area contributed by atoms with Gasteiger partial charge in [0, 0.05) is 24.7 Å². The molecule has 0 unspecified atom stereocenters. The van der Waals surface area contributed by atoms with Crippen LogP contribution in [0.2, 0.25) is 0 Å². The van der Waals surface area contributed by atoms with E-state index in [0.717, 1.165) is 30.3 Å². The van der Waals surface area contributed by atoms with Crippen LogP contribution in [0, 0.1) is 5.92 Å².